The Morgan fingerprint density at radius 2 is 1.86 bits per heavy atom. The van der Waals surface area contributed by atoms with Crippen LogP contribution < -0.4 is 16.0 Å². The third-order valence-electron chi connectivity index (χ3n) is 5.01. The van der Waals surface area contributed by atoms with Crippen molar-refractivity contribution in [1.29, 1.82) is 0 Å². The molecular formula is C21H26ClIN4O. The molecule has 2 aromatic carbocycles. The third kappa shape index (κ3) is 5.61. The van der Waals surface area contributed by atoms with Gasteiger partial charge in [0, 0.05) is 43.2 Å². The van der Waals surface area contributed by atoms with Crippen LogP contribution in [0.25, 0.3) is 0 Å². The maximum atomic E-state index is 11.6. The first-order chi connectivity index (χ1) is 13.1. The molecule has 0 spiro atoms. The van der Waals surface area contributed by atoms with Gasteiger partial charge in [0.15, 0.2) is 5.96 Å². The van der Waals surface area contributed by atoms with Gasteiger partial charge in [-0.25, -0.2) is 0 Å². The van der Waals surface area contributed by atoms with Gasteiger partial charge in [0.1, 0.15) is 0 Å². The number of nitrogens with one attached hydrogen (secondary N) is 3. The predicted molar refractivity (Wildman–Crippen MR) is 126 cm³/mol. The van der Waals surface area contributed by atoms with Gasteiger partial charge in [-0.1, -0.05) is 35.9 Å². The highest BCUT2D eigenvalue weighted by molar-refractivity contribution is 14.0. The standard InChI is InChI=1S/C21H25ClN4O.HI/c1-23-19(27)16-8-6-15(7-9-16)13-25-20(24-2)26-14-21(10-11-21)17-4-3-5-18(22)12-17;/h3-9,12H,10-11,13-14H2,1-2H3,(H,23,27)(H2,24,25,26);1H. The van der Waals surface area contributed by atoms with E-state index in [4.69, 9.17) is 11.6 Å². The van der Waals surface area contributed by atoms with E-state index in [0.717, 1.165) is 35.9 Å². The second-order valence-corrected chi connectivity index (χ2v) is 7.28. The molecular weight excluding hydrogens is 487 g/mol. The lowest BCUT2D eigenvalue weighted by atomic mass is 9.96. The minimum absolute atomic E-state index is 0. The van der Waals surface area contributed by atoms with Crippen LogP contribution >= 0.6 is 35.6 Å². The summed E-state index contributed by atoms with van der Waals surface area (Å²) < 4.78 is 0. The second kappa shape index (κ2) is 10.1. The van der Waals surface area contributed by atoms with Crippen molar-refractivity contribution < 1.29 is 4.79 Å². The Labute approximate surface area is 188 Å². The number of carbonyl (C=O) groups excluding carboxylic acids is 1. The smallest absolute Gasteiger partial charge is 0.251 e. The van der Waals surface area contributed by atoms with Crippen molar-refractivity contribution >= 4 is 47.4 Å². The molecule has 1 amide bonds. The summed E-state index contributed by atoms with van der Waals surface area (Å²) in [5, 5.41) is 10.2. The molecule has 1 aliphatic carbocycles. The quantitative estimate of drug-likeness (QED) is 0.314. The van der Waals surface area contributed by atoms with E-state index < -0.39 is 0 Å². The van der Waals surface area contributed by atoms with Crippen LogP contribution in [0.2, 0.25) is 5.02 Å². The molecule has 0 aromatic heterocycles. The summed E-state index contributed by atoms with van der Waals surface area (Å²) in [6.45, 7) is 1.46. The number of amides is 1. The fourth-order valence-corrected chi connectivity index (χ4v) is 3.30. The predicted octanol–water partition coefficient (Wildman–Crippen LogP) is 3.71. The van der Waals surface area contributed by atoms with E-state index in [1.165, 1.54) is 5.56 Å². The van der Waals surface area contributed by atoms with Crippen molar-refractivity contribution in [1.82, 2.24) is 16.0 Å². The summed E-state index contributed by atoms with van der Waals surface area (Å²) in [6.07, 6.45) is 2.30. The molecule has 0 unspecified atom stereocenters. The summed E-state index contributed by atoms with van der Waals surface area (Å²) in [5.41, 5.74) is 3.17. The van der Waals surface area contributed by atoms with E-state index in [2.05, 4.69) is 33.1 Å². The first-order valence-electron chi connectivity index (χ1n) is 9.08. The number of carbonyl (C=O) groups is 1. The van der Waals surface area contributed by atoms with Crippen LogP contribution in [0.4, 0.5) is 0 Å². The van der Waals surface area contributed by atoms with Crippen LogP contribution in [0.1, 0.15) is 34.3 Å². The molecule has 150 valence electrons. The summed E-state index contributed by atoms with van der Waals surface area (Å²) >= 11 is 6.14. The Bertz CT molecular complexity index is 835. The van der Waals surface area contributed by atoms with E-state index in [1.807, 2.05) is 36.4 Å². The van der Waals surface area contributed by atoms with Crippen LogP contribution in [0.3, 0.4) is 0 Å². The molecule has 5 nitrogen and oxygen atoms in total. The number of nitrogens with zero attached hydrogens (tertiary/aromatic N) is 1. The van der Waals surface area contributed by atoms with Gasteiger partial charge < -0.3 is 16.0 Å². The zero-order valence-corrected chi connectivity index (χ0v) is 19.2. The summed E-state index contributed by atoms with van der Waals surface area (Å²) in [4.78, 5) is 15.9. The molecule has 0 bridgehead atoms. The molecule has 0 radical (unpaired) electrons. The Hall–Kier alpha value is -1.80. The molecule has 3 rings (SSSR count). The van der Waals surface area contributed by atoms with Crippen molar-refractivity contribution in [2.75, 3.05) is 20.6 Å². The van der Waals surface area contributed by atoms with Crippen LogP contribution in [0, 0.1) is 0 Å². The second-order valence-electron chi connectivity index (χ2n) is 6.85. The van der Waals surface area contributed by atoms with E-state index in [1.54, 1.807) is 14.1 Å². The Morgan fingerprint density at radius 3 is 2.43 bits per heavy atom. The van der Waals surface area contributed by atoms with Crippen LogP contribution in [-0.2, 0) is 12.0 Å². The maximum absolute atomic E-state index is 11.6. The van der Waals surface area contributed by atoms with E-state index in [0.29, 0.717) is 12.1 Å². The number of guanidine groups is 1. The first kappa shape index (κ1) is 22.5. The van der Waals surface area contributed by atoms with Gasteiger partial charge in [-0.3, -0.25) is 9.79 Å². The summed E-state index contributed by atoms with van der Waals surface area (Å²) in [6, 6.07) is 15.6. The molecule has 28 heavy (non-hydrogen) atoms. The minimum Gasteiger partial charge on any atom is -0.356 e. The molecule has 0 saturated heterocycles. The molecule has 2 aromatic rings. The Balaban J connectivity index is 0.00000280. The van der Waals surface area contributed by atoms with Crippen LogP contribution in [0.15, 0.2) is 53.5 Å². The fourth-order valence-electron chi connectivity index (χ4n) is 3.11. The van der Waals surface area contributed by atoms with E-state index in [9.17, 15) is 4.79 Å². The van der Waals surface area contributed by atoms with E-state index in [-0.39, 0.29) is 35.3 Å². The average molecular weight is 513 g/mol. The highest BCUT2D eigenvalue weighted by atomic mass is 127. The zero-order chi connectivity index (χ0) is 19.3. The number of halogens is 2. The molecule has 0 aliphatic heterocycles. The number of hydrogen-bond donors (Lipinski definition) is 3. The van der Waals surface area contributed by atoms with Crippen molar-refractivity contribution in [3.05, 3.63) is 70.2 Å². The van der Waals surface area contributed by atoms with Crippen molar-refractivity contribution in [2.45, 2.75) is 24.8 Å². The van der Waals surface area contributed by atoms with Gasteiger partial charge in [0.2, 0.25) is 0 Å². The normalized spacial score (nSPS) is 14.6. The van der Waals surface area contributed by atoms with Crippen molar-refractivity contribution in [3.8, 4) is 0 Å². The number of rotatable bonds is 6. The molecule has 1 fully saturated rings. The number of benzene rings is 2. The van der Waals surface area contributed by atoms with Crippen molar-refractivity contribution in [3.63, 3.8) is 0 Å². The SMILES string of the molecule is CN=C(NCc1ccc(C(=O)NC)cc1)NCC1(c2cccc(Cl)c2)CC1.I. The maximum Gasteiger partial charge on any atom is 0.251 e. The van der Waals surface area contributed by atoms with Gasteiger partial charge in [0.25, 0.3) is 5.91 Å². The Morgan fingerprint density at radius 1 is 1.14 bits per heavy atom. The summed E-state index contributed by atoms with van der Waals surface area (Å²) in [7, 11) is 3.40. The molecule has 1 saturated carbocycles. The van der Waals surface area contributed by atoms with Gasteiger partial charge in [-0.2, -0.15) is 0 Å². The lowest BCUT2D eigenvalue weighted by Gasteiger charge is -2.19. The largest absolute Gasteiger partial charge is 0.356 e. The van der Waals surface area contributed by atoms with E-state index >= 15 is 0 Å². The molecule has 0 atom stereocenters. The molecule has 3 N–H and O–H groups in total. The van der Waals surface area contributed by atoms with Gasteiger partial charge in [-0.15, -0.1) is 24.0 Å². The number of aliphatic imine (C=N–C) groups is 1. The number of hydrogen-bond acceptors (Lipinski definition) is 2. The van der Waals surface area contributed by atoms with Gasteiger partial charge in [0.05, 0.1) is 0 Å². The highest BCUT2D eigenvalue weighted by Gasteiger charge is 2.44. The lowest BCUT2D eigenvalue weighted by Crippen LogP contribution is -2.40. The topological polar surface area (TPSA) is 65.5 Å². The fraction of sp³-hybridized carbons (Fsp3) is 0.333. The molecule has 7 heteroatoms. The lowest BCUT2D eigenvalue weighted by molar-refractivity contribution is 0.0963. The van der Waals surface area contributed by atoms with Crippen LogP contribution in [0.5, 0.6) is 0 Å². The summed E-state index contributed by atoms with van der Waals surface area (Å²) in [5.74, 6) is 0.682. The van der Waals surface area contributed by atoms with Crippen LogP contribution in [-0.4, -0.2) is 32.5 Å². The minimum atomic E-state index is -0.0808. The van der Waals surface area contributed by atoms with Gasteiger partial charge >= 0.3 is 0 Å². The average Bonchev–Trinajstić information content (AvgIpc) is 3.49. The molecule has 0 heterocycles. The van der Waals surface area contributed by atoms with Crippen molar-refractivity contribution in [2.24, 2.45) is 4.99 Å². The Kier molecular flexibility index (Phi) is 8.12. The first-order valence-corrected chi connectivity index (χ1v) is 9.46. The monoisotopic (exact) mass is 512 g/mol. The highest BCUT2D eigenvalue weighted by Crippen LogP contribution is 2.48. The molecule has 1 aliphatic rings. The zero-order valence-electron chi connectivity index (χ0n) is 16.1. The third-order valence-corrected chi connectivity index (χ3v) is 5.25. The van der Waals surface area contributed by atoms with Gasteiger partial charge in [-0.05, 0) is 48.2 Å².